The minimum Gasteiger partial charge on any atom is -0.468 e. The Morgan fingerprint density at radius 3 is 2.61 bits per heavy atom. The van der Waals surface area contributed by atoms with Gasteiger partial charge in [0.15, 0.2) is 5.92 Å². The standard InChI is InChI=1S/C16H18ClNO5/c1-4-8-23-16(21)11-6-5-7-13(14(11)17)18-9-12(10(2)19)15(20)22-3/h5-7,9,12H,4,8H2,1-3H3. The summed E-state index contributed by atoms with van der Waals surface area (Å²) in [5.74, 6) is -2.79. The van der Waals surface area contributed by atoms with Crippen molar-refractivity contribution < 1.29 is 23.9 Å². The molecule has 1 rings (SSSR count). The number of ether oxygens (including phenoxy) is 2. The summed E-state index contributed by atoms with van der Waals surface area (Å²) in [4.78, 5) is 38.9. The van der Waals surface area contributed by atoms with Crippen molar-refractivity contribution in [3.63, 3.8) is 0 Å². The first-order valence-corrected chi connectivity index (χ1v) is 7.38. The maximum atomic E-state index is 11.9. The monoisotopic (exact) mass is 339 g/mol. The van der Waals surface area contributed by atoms with E-state index in [0.717, 1.165) is 6.21 Å². The molecule has 0 N–H and O–H groups in total. The maximum absolute atomic E-state index is 11.9. The zero-order valence-corrected chi connectivity index (χ0v) is 13.9. The quantitative estimate of drug-likeness (QED) is 0.433. The van der Waals surface area contributed by atoms with Crippen LogP contribution in [0.3, 0.4) is 0 Å². The summed E-state index contributed by atoms with van der Waals surface area (Å²) in [6.07, 6.45) is 1.84. The van der Waals surface area contributed by atoms with E-state index < -0.39 is 23.6 Å². The number of carbonyl (C=O) groups is 3. The molecule has 0 aliphatic carbocycles. The van der Waals surface area contributed by atoms with Crippen molar-refractivity contribution in [1.29, 1.82) is 0 Å². The molecule has 23 heavy (non-hydrogen) atoms. The molecular weight excluding hydrogens is 322 g/mol. The van der Waals surface area contributed by atoms with Gasteiger partial charge >= 0.3 is 11.9 Å². The van der Waals surface area contributed by atoms with Crippen LogP contribution in [0.5, 0.6) is 0 Å². The predicted octanol–water partition coefficient (Wildman–Crippen LogP) is 2.99. The highest BCUT2D eigenvalue weighted by molar-refractivity contribution is 6.36. The molecule has 0 heterocycles. The van der Waals surface area contributed by atoms with Gasteiger partial charge in [0.2, 0.25) is 0 Å². The Morgan fingerprint density at radius 2 is 2.04 bits per heavy atom. The molecule has 1 atom stereocenters. The number of ketones is 1. The number of Topliss-reactive ketones (excluding diaryl/α,β-unsaturated/α-hetero) is 1. The van der Waals surface area contributed by atoms with Gasteiger partial charge in [0, 0.05) is 6.21 Å². The molecule has 0 amide bonds. The van der Waals surface area contributed by atoms with Gasteiger partial charge in [-0.05, 0) is 25.5 Å². The van der Waals surface area contributed by atoms with Crippen LogP contribution in [0.2, 0.25) is 5.02 Å². The van der Waals surface area contributed by atoms with Crippen LogP contribution in [0, 0.1) is 5.92 Å². The number of methoxy groups -OCH3 is 1. The van der Waals surface area contributed by atoms with Crippen LogP contribution in [0.15, 0.2) is 23.2 Å². The van der Waals surface area contributed by atoms with Gasteiger partial charge in [-0.25, -0.2) is 4.79 Å². The third-order valence-corrected chi connectivity index (χ3v) is 3.29. The first-order valence-electron chi connectivity index (χ1n) is 7.00. The van der Waals surface area contributed by atoms with Crippen molar-refractivity contribution in [3.8, 4) is 0 Å². The number of hydrogen-bond acceptors (Lipinski definition) is 6. The SMILES string of the molecule is CCCOC(=O)c1cccc(N=CC(C(C)=O)C(=O)OC)c1Cl. The Hall–Kier alpha value is -2.21. The highest BCUT2D eigenvalue weighted by Gasteiger charge is 2.22. The predicted molar refractivity (Wildman–Crippen MR) is 86.4 cm³/mol. The molecule has 0 saturated heterocycles. The molecule has 1 aromatic rings. The molecule has 0 fully saturated rings. The van der Waals surface area contributed by atoms with Crippen LogP contribution in [0.4, 0.5) is 5.69 Å². The van der Waals surface area contributed by atoms with Gasteiger partial charge in [0.1, 0.15) is 5.78 Å². The van der Waals surface area contributed by atoms with E-state index in [-0.39, 0.29) is 22.9 Å². The van der Waals surface area contributed by atoms with Crippen LogP contribution in [0.1, 0.15) is 30.6 Å². The smallest absolute Gasteiger partial charge is 0.339 e. The Morgan fingerprint density at radius 1 is 1.35 bits per heavy atom. The zero-order chi connectivity index (χ0) is 17.4. The van der Waals surface area contributed by atoms with Crippen molar-refractivity contribution in [2.75, 3.05) is 13.7 Å². The van der Waals surface area contributed by atoms with E-state index in [4.69, 9.17) is 16.3 Å². The Bertz CT molecular complexity index is 627. The van der Waals surface area contributed by atoms with Crippen molar-refractivity contribution in [2.24, 2.45) is 10.9 Å². The fourth-order valence-corrected chi connectivity index (χ4v) is 1.92. The summed E-state index contributed by atoms with van der Waals surface area (Å²) >= 11 is 6.14. The molecule has 0 spiro atoms. The molecule has 6 nitrogen and oxygen atoms in total. The number of esters is 2. The fraction of sp³-hybridized carbons (Fsp3) is 0.375. The molecule has 0 bridgehead atoms. The summed E-state index contributed by atoms with van der Waals surface area (Å²) in [6, 6.07) is 4.66. The minimum atomic E-state index is -1.12. The van der Waals surface area contributed by atoms with E-state index in [1.165, 1.54) is 20.1 Å². The van der Waals surface area contributed by atoms with Gasteiger partial charge in [-0.15, -0.1) is 0 Å². The molecule has 1 aromatic carbocycles. The number of halogens is 1. The van der Waals surface area contributed by atoms with Crippen molar-refractivity contribution in [2.45, 2.75) is 20.3 Å². The number of benzene rings is 1. The third kappa shape index (κ3) is 5.17. The lowest BCUT2D eigenvalue weighted by Crippen LogP contribution is -2.24. The number of carbonyl (C=O) groups excluding carboxylic acids is 3. The highest BCUT2D eigenvalue weighted by atomic mass is 35.5. The van der Waals surface area contributed by atoms with Crippen molar-refractivity contribution >= 4 is 41.2 Å². The lowest BCUT2D eigenvalue weighted by atomic mass is 10.1. The zero-order valence-electron chi connectivity index (χ0n) is 13.2. The molecule has 7 heteroatoms. The molecule has 0 saturated carbocycles. The molecule has 0 aromatic heterocycles. The van der Waals surface area contributed by atoms with Crippen molar-refractivity contribution in [1.82, 2.24) is 0 Å². The third-order valence-electron chi connectivity index (χ3n) is 2.89. The van der Waals surface area contributed by atoms with Gasteiger partial charge in [-0.3, -0.25) is 14.6 Å². The summed E-state index contributed by atoms with van der Waals surface area (Å²) in [5.41, 5.74) is 0.431. The summed E-state index contributed by atoms with van der Waals surface area (Å²) in [5, 5.41) is 0.0945. The Kier molecular flexibility index (Phi) is 7.41. The van der Waals surface area contributed by atoms with Gasteiger partial charge < -0.3 is 9.47 Å². The minimum absolute atomic E-state index is 0.0945. The second-order valence-corrected chi connectivity index (χ2v) is 5.04. The second-order valence-electron chi connectivity index (χ2n) is 4.66. The highest BCUT2D eigenvalue weighted by Crippen LogP contribution is 2.29. The van der Waals surface area contributed by atoms with E-state index >= 15 is 0 Å². The second kappa shape index (κ2) is 9.05. The van der Waals surface area contributed by atoms with Crippen LogP contribution in [0.25, 0.3) is 0 Å². The average Bonchev–Trinajstić information content (AvgIpc) is 2.53. The largest absolute Gasteiger partial charge is 0.468 e. The van der Waals surface area contributed by atoms with Gasteiger partial charge in [0.25, 0.3) is 0 Å². The first kappa shape index (κ1) is 18.8. The van der Waals surface area contributed by atoms with E-state index in [1.54, 1.807) is 12.1 Å². The van der Waals surface area contributed by atoms with Gasteiger partial charge in [-0.2, -0.15) is 0 Å². The lowest BCUT2D eigenvalue weighted by Gasteiger charge is -2.08. The topological polar surface area (TPSA) is 82.0 Å². The van der Waals surface area contributed by atoms with Crippen LogP contribution < -0.4 is 0 Å². The van der Waals surface area contributed by atoms with Gasteiger partial charge in [-0.1, -0.05) is 24.6 Å². The van der Waals surface area contributed by atoms with E-state index in [2.05, 4.69) is 9.73 Å². The molecule has 1 unspecified atom stereocenters. The summed E-state index contributed by atoms with van der Waals surface area (Å²) in [6.45, 7) is 3.43. The average molecular weight is 340 g/mol. The lowest BCUT2D eigenvalue weighted by molar-refractivity contribution is -0.145. The van der Waals surface area contributed by atoms with Crippen molar-refractivity contribution in [3.05, 3.63) is 28.8 Å². The molecule has 0 radical (unpaired) electrons. The first-order chi connectivity index (χ1) is 10.9. The van der Waals surface area contributed by atoms with E-state index in [0.29, 0.717) is 6.42 Å². The maximum Gasteiger partial charge on any atom is 0.339 e. The van der Waals surface area contributed by atoms with Crippen LogP contribution in [-0.2, 0) is 19.1 Å². The Labute approximate surface area is 139 Å². The summed E-state index contributed by atoms with van der Waals surface area (Å²) < 4.78 is 9.57. The Balaban J connectivity index is 3.05. The fourth-order valence-electron chi connectivity index (χ4n) is 1.66. The van der Waals surface area contributed by atoms with Gasteiger partial charge in [0.05, 0.1) is 30.0 Å². The number of rotatable bonds is 7. The molecular formula is C16H18ClNO5. The molecule has 124 valence electrons. The van der Waals surface area contributed by atoms with E-state index in [9.17, 15) is 14.4 Å². The summed E-state index contributed by atoms with van der Waals surface area (Å²) in [7, 11) is 1.18. The molecule has 0 aliphatic rings. The van der Waals surface area contributed by atoms with Crippen LogP contribution >= 0.6 is 11.6 Å². The van der Waals surface area contributed by atoms with E-state index in [1.807, 2.05) is 6.92 Å². The molecule has 0 aliphatic heterocycles. The number of aliphatic imine (C=N–C) groups is 1. The van der Waals surface area contributed by atoms with Crippen LogP contribution in [-0.4, -0.2) is 37.7 Å². The number of nitrogens with zero attached hydrogens (tertiary/aromatic N) is 1. The number of hydrogen-bond donors (Lipinski definition) is 0. The normalized spacial score (nSPS) is 12.0.